The van der Waals surface area contributed by atoms with E-state index >= 15 is 0 Å². The lowest BCUT2D eigenvalue weighted by molar-refractivity contribution is -0.145. The molecular formula is C22H23F3N8O3. The molecule has 1 amide bonds. The molecule has 4 heterocycles. The normalized spacial score (nSPS) is 17.6. The molecule has 0 aliphatic carbocycles. The van der Waals surface area contributed by atoms with Crippen LogP contribution in [0, 0.1) is 0 Å². The van der Waals surface area contributed by atoms with Crippen molar-refractivity contribution in [2.45, 2.75) is 24.9 Å². The van der Waals surface area contributed by atoms with Crippen LogP contribution in [0.3, 0.4) is 0 Å². The number of fused-ring (bicyclic) bond motifs is 2. The first-order valence-electron chi connectivity index (χ1n) is 11.2. The zero-order chi connectivity index (χ0) is 25.4. The second-order valence-electron chi connectivity index (χ2n) is 8.39. The molecule has 0 saturated carbocycles. The molecule has 36 heavy (non-hydrogen) atoms. The minimum Gasteiger partial charge on any atom is -0.479 e. The number of ether oxygens (including phenoxy) is 1. The van der Waals surface area contributed by atoms with Gasteiger partial charge in [0.05, 0.1) is 31.8 Å². The van der Waals surface area contributed by atoms with E-state index in [1.54, 1.807) is 18.3 Å². The van der Waals surface area contributed by atoms with Crippen LogP contribution >= 0.6 is 0 Å². The molecule has 11 nitrogen and oxygen atoms in total. The number of benzene rings is 1. The third-order valence-corrected chi connectivity index (χ3v) is 6.18. The van der Waals surface area contributed by atoms with Crippen LogP contribution in [0.15, 0.2) is 30.5 Å². The number of amides is 1. The van der Waals surface area contributed by atoms with Gasteiger partial charge >= 0.3 is 0 Å². The molecule has 1 fully saturated rings. The Morgan fingerprint density at radius 1 is 1.33 bits per heavy atom. The summed E-state index contributed by atoms with van der Waals surface area (Å²) in [5, 5.41) is 24.0. The summed E-state index contributed by atoms with van der Waals surface area (Å²) in [7, 11) is 1.42. The lowest BCUT2D eigenvalue weighted by Gasteiger charge is -2.38. The van der Waals surface area contributed by atoms with E-state index < -0.39 is 37.7 Å². The van der Waals surface area contributed by atoms with Gasteiger partial charge in [0.2, 0.25) is 17.7 Å². The number of aliphatic hydroxyl groups is 1. The van der Waals surface area contributed by atoms with Crippen molar-refractivity contribution < 1.29 is 27.8 Å². The number of methoxy groups -OCH3 is 1. The Morgan fingerprint density at radius 2 is 2.17 bits per heavy atom. The molecule has 0 bridgehead atoms. The van der Waals surface area contributed by atoms with Crippen LogP contribution < -0.4 is 10.1 Å². The molecule has 1 aliphatic rings. The number of carbonyl (C=O) groups excluding carboxylic acids is 1. The number of carbonyl (C=O) groups is 1. The molecule has 4 aromatic rings. The maximum absolute atomic E-state index is 14.7. The number of aromatic nitrogens is 6. The van der Waals surface area contributed by atoms with Crippen molar-refractivity contribution in [1.29, 1.82) is 0 Å². The highest BCUT2D eigenvalue weighted by atomic mass is 19.3. The number of piperidine rings is 1. The third-order valence-electron chi connectivity index (χ3n) is 6.18. The summed E-state index contributed by atoms with van der Waals surface area (Å²) in [5.74, 6) is -3.90. The van der Waals surface area contributed by atoms with E-state index in [9.17, 15) is 18.0 Å². The first-order chi connectivity index (χ1) is 17.3. The van der Waals surface area contributed by atoms with E-state index in [1.165, 1.54) is 16.3 Å². The number of nitrogens with one attached hydrogen (secondary N) is 1. The van der Waals surface area contributed by atoms with Crippen molar-refractivity contribution >= 4 is 28.4 Å². The number of hydrogen-bond donors (Lipinski definition) is 2. The second kappa shape index (κ2) is 9.26. The number of hydrogen-bond acceptors (Lipinski definition) is 8. The van der Waals surface area contributed by atoms with Gasteiger partial charge in [-0.3, -0.25) is 4.79 Å². The summed E-state index contributed by atoms with van der Waals surface area (Å²) in [6, 6.07) is 5.90. The molecular weight excluding hydrogens is 481 g/mol. The van der Waals surface area contributed by atoms with E-state index in [-0.39, 0.29) is 31.3 Å². The first-order valence-corrected chi connectivity index (χ1v) is 11.2. The fourth-order valence-electron chi connectivity index (χ4n) is 4.39. The highest BCUT2D eigenvalue weighted by Crippen LogP contribution is 2.34. The van der Waals surface area contributed by atoms with E-state index in [0.29, 0.717) is 16.6 Å². The largest absolute Gasteiger partial charge is 0.479 e. The number of rotatable bonds is 7. The lowest BCUT2D eigenvalue weighted by atomic mass is 10.0. The van der Waals surface area contributed by atoms with Crippen LogP contribution in [0.25, 0.3) is 27.7 Å². The minimum atomic E-state index is -3.26. The number of aliphatic hydroxyl groups excluding tert-OH is 1. The summed E-state index contributed by atoms with van der Waals surface area (Å²) >= 11 is 0. The number of alkyl halides is 3. The van der Waals surface area contributed by atoms with Crippen LogP contribution in [0.2, 0.25) is 0 Å². The average molecular weight is 504 g/mol. The zero-order valence-electron chi connectivity index (χ0n) is 19.2. The molecule has 1 aliphatic heterocycles. The van der Waals surface area contributed by atoms with Gasteiger partial charge in [0, 0.05) is 18.3 Å². The van der Waals surface area contributed by atoms with Gasteiger partial charge in [-0.1, -0.05) is 11.3 Å². The van der Waals surface area contributed by atoms with E-state index in [2.05, 4.69) is 25.7 Å². The molecule has 5 rings (SSSR count). The molecule has 0 radical (unpaired) electrons. The number of anilines is 1. The first kappa shape index (κ1) is 23.8. The van der Waals surface area contributed by atoms with E-state index in [0.717, 1.165) is 16.0 Å². The van der Waals surface area contributed by atoms with Gasteiger partial charge in [0.1, 0.15) is 24.3 Å². The number of nitrogens with zero attached hydrogens (tertiary/aromatic N) is 7. The van der Waals surface area contributed by atoms with Gasteiger partial charge < -0.3 is 20.1 Å². The standard InChI is InChI=1S/C22H23F3N8O3/c1-36-20-19-14(13-2-3-15-16(10-13)32(9-6-23)30-28-15)4-8-33(19)29-21(27-20)26-17-5-7-31(18(35)11-34)12-22(17,24)25/h2-4,8,10,17,34H,5-7,9,11-12H2,1H3,(H,26,29)/t17-/m1/s1. The van der Waals surface area contributed by atoms with Crippen LogP contribution in [0.1, 0.15) is 6.42 Å². The Labute approximate surface area is 202 Å². The maximum Gasteiger partial charge on any atom is 0.285 e. The lowest BCUT2D eigenvalue weighted by Crippen LogP contribution is -2.56. The monoisotopic (exact) mass is 504 g/mol. The Balaban J connectivity index is 1.46. The van der Waals surface area contributed by atoms with E-state index in [4.69, 9.17) is 9.84 Å². The number of aryl methyl sites for hydroxylation is 1. The fourth-order valence-corrected chi connectivity index (χ4v) is 4.39. The van der Waals surface area contributed by atoms with Crippen molar-refractivity contribution in [2.24, 2.45) is 0 Å². The van der Waals surface area contributed by atoms with Crippen LogP contribution in [-0.4, -0.2) is 91.0 Å². The predicted molar refractivity (Wildman–Crippen MR) is 123 cm³/mol. The maximum atomic E-state index is 14.7. The molecule has 1 saturated heterocycles. The SMILES string of the molecule is COc1nc(N[C@@H]2CCN(C(=O)CO)CC2(F)F)nn2ccc(-c3ccc4nnn(CCF)c4c3)c12. The Hall–Kier alpha value is -3.94. The van der Waals surface area contributed by atoms with Gasteiger partial charge in [0.15, 0.2) is 0 Å². The van der Waals surface area contributed by atoms with Gasteiger partial charge in [-0.05, 0) is 30.2 Å². The van der Waals surface area contributed by atoms with Crippen molar-refractivity contribution in [3.05, 3.63) is 30.5 Å². The topological polar surface area (TPSA) is 123 Å². The van der Waals surface area contributed by atoms with Gasteiger partial charge in [-0.15, -0.1) is 10.2 Å². The van der Waals surface area contributed by atoms with Crippen LogP contribution in [-0.2, 0) is 11.3 Å². The van der Waals surface area contributed by atoms with Crippen molar-refractivity contribution in [3.8, 4) is 17.0 Å². The molecule has 2 N–H and O–H groups in total. The highest BCUT2D eigenvalue weighted by Gasteiger charge is 2.46. The fraction of sp³-hybridized carbons (Fsp3) is 0.409. The Morgan fingerprint density at radius 3 is 2.89 bits per heavy atom. The molecule has 1 aromatic carbocycles. The second-order valence-corrected chi connectivity index (χ2v) is 8.39. The molecule has 1 atom stereocenters. The van der Waals surface area contributed by atoms with Crippen molar-refractivity contribution in [1.82, 2.24) is 34.5 Å². The molecule has 14 heteroatoms. The Kier molecular flexibility index (Phi) is 6.12. The molecule has 0 spiro atoms. The zero-order valence-corrected chi connectivity index (χ0v) is 19.2. The van der Waals surface area contributed by atoms with Crippen LogP contribution in [0.5, 0.6) is 5.88 Å². The summed E-state index contributed by atoms with van der Waals surface area (Å²) in [6.45, 7) is -2.06. The number of halogens is 3. The van der Waals surface area contributed by atoms with Gasteiger partial charge in [-0.25, -0.2) is 22.4 Å². The smallest absolute Gasteiger partial charge is 0.285 e. The highest BCUT2D eigenvalue weighted by molar-refractivity contribution is 5.89. The van der Waals surface area contributed by atoms with Crippen molar-refractivity contribution in [2.75, 3.05) is 38.8 Å². The summed E-state index contributed by atoms with van der Waals surface area (Å²) in [6.07, 6.45) is 1.60. The quantitative estimate of drug-likeness (QED) is 0.391. The predicted octanol–water partition coefficient (Wildman–Crippen LogP) is 1.76. The summed E-state index contributed by atoms with van der Waals surface area (Å²) in [5.41, 5.74) is 3.29. The van der Waals surface area contributed by atoms with Gasteiger partial charge in [0.25, 0.3) is 5.92 Å². The summed E-state index contributed by atoms with van der Waals surface area (Å²) in [4.78, 5) is 16.9. The molecule has 190 valence electrons. The Bertz CT molecular complexity index is 1420. The van der Waals surface area contributed by atoms with Gasteiger partial charge in [-0.2, -0.15) is 4.98 Å². The molecule has 3 aromatic heterocycles. The number of likely N-dealkylation sites (tertiary alicyclic amines) is 1. The van der Waals surface area contributed by atoms with Crippen molar-refractivity contribution in [3.63, 3.8) is 0 Å². The minimum absolute atomic E-state index is 0.0556. The third kappa shape index (κ3) is 4.17. The average Bonchev–Trinajstić information content (AvgIpc) is 3.48. The molecule has 0 unspecified atom stereocenters. The van der Waals surface area contributed by atoms with E-state index in [1.807, 2.05) is 12.1 Å². The summed E-state index contributed by atoms with van der Waals surface area (Å²) < 4.78 is 50.8. The van der Waals surface area contributed by atoms with Crippen LogP contribution in [0.4, 0.5) is 19.1 Å².